The van der Waals surface area contributed by atoms with Gasteiger partial charge in [0.05, 0.1) is 11.8 Å². The van der Waals surface area contributed by atoms with E-state index in [9.17, 15) is 8.42 Å². The average molecular weight is 265 g/mol. The molecule has 0 aromatic rings. The summed E-state index contributed by atoms with van der Waals surface area (Å²) in [5.74, 6) is 0.652. The predicted molar refractivity (Wildman–Crippen MR) is 63.7 cm³/mol. The van der Waals surface area contributed by atoms with Gasteiger partial charge in [0.25, 0.3) is 0 Å². The third kappa shape index (κ3) is 4.28. The van der Waals surface area contributed by atoms with Crippen molar-refractivity contribution >= 4 is 21.6 Å². The van der Waals surface area contributed by atoms with Gasteiger partial charge in [-0.1, -0.05) is 0 Å². The lowest BCUT2D eigenvalue weighted by Crippen LogP contribution is -2.35. The molecule has 0 spiro atoms. The van der Waals surface area contributed by atoms with Gasteiger partial charge >= 0.3 is 0 Å². The second-order valence-corrected chi connectivity index (χ2v) is 6.38. The van der Waals surface area contributed by atoms with E-state index in [-0.39, 0.29) is 18.2 Å². The third-order valence-corrected chi connectivity index (χ3v) is 4.81. The first-order valence-corrected chi connectivity index (χ1v) is 7.68. The van der Waals surface area contributed by atoms with Gasteiger partial charge in [-0.2, -0.15) is 9.57 Å². The molecule has 0 heterocycles. The molecule has 0 aromatic heterocycles. The monoisotopic (exact) mass is 264 g/mol. The molecule has 0 atom stereocenters. The van der Waals surface area contributed by atoms with Gasteiger partial charge in [0.2, 0.25) is 10.0 Å². The summed E-state index contributed by atoms with van der Waals surface area (Å²) in [5.41, 5.74) is 0. The summed E-state index contributed by atoms with van der Waals surface area (Å²) in [6.45, 7) is 0.338. The van der Waals surface area contributed by atoms with E-state index in [1.54, 1.807) is 0 Å². The molecule has 1 saturated carbocycles. The SMILES string of the molecule is N#CCCN(C1CC1)S(=O)(=O)CCCCCl. The zero-order chi connectivity index (χ0) is 12.0. The molecule has 6 heteroatoms. The van der Waals surface area contributed by atoms with E-state index in [0.717, 1.165) is 19.3 Å². The second-order valence-electron chi connectivity index (χ2n) is 3.96. The van der Waals surface area contributed by atoms with Gasteiger partial charge in [0.15, 0.2) is 0 Å². The van der Waals surface area contributed by atoms with Crippen molar-refractivity contribution < 1.29 is 8.42 Å². The van der Waals surface area contributed by atoms with Gasteiger partial charge in [-0.25, -0.2) is 8.42 Å². The van der Waals surface area contributed by atoms with Crippen LogP contribution in [0.4, 0.5) is 0 Å². The lowest BCUT2D eigenvalue weighted by atomic mass is 10.4. The van der Waals surface area contributed by atoms with Crippen molar-refractivity contribution in [3.63, 3.8) is 0 Å². The lowest BCUT2D eigenvalue weighted by Gasteiger charge is -2.20. The molecule has 92 valence electrons. The van der Waals surface area contributed by atoms with Crippen LogP contribution in [-0.4, -0.2) is 36.9 Å². The fraction of sp³-hybridized carbons (Fsp3) is 0.900. The summed E-state index contributed by atoms with van der Waals surface area (Å²) in [7, 11) is -3.18. The highest BCUT2D eigenvalue weighted by molar-refractivity contribution is 7.89. The Morgan fingerprint density at radius 1 is 1.38 bits per heavy atom. The fourth-order valence-electron chi connectivity index (χ4n) is 1.57. The van der Waals surface area contributed by atoms with Crippen LogP contribution in [0.15, 0.2) is 0 Å². The van der Waals surface area contributed by atoms with E-state index < -0.39 is 10.0 Å². The number of rotatable bonds is 8. The van der Waals surface area contributed by atoms with Crippen molar-refractivity contribution in [2.45, 2.75) is 38.1 Å². The van der Waals surface area contributed by atoms with Crippen LogP contribution in [0.2, 0.25) is 0 Å². The van der Waals surface area contributed by atoms with Gasteiger partial charge in [-0.3, -0.25) is 0 Å². The number of hydrogen-bond donors (Lipinski definition) is 0. The first kappa shape index (κ1) is 13.8. The van der Waals surface area contributed by atoms with E-state index >= 15 is 0 Å². The smallest absolute Gasteiger partial charge is 0.212 e. The van der Waals surface area contributed by atoms with Gasteiger partial charge in [-0.05, 0) is 25.7 Å². The summed E-state index contributed by atoms with van der Waals surface area (Å²) in [4.78, 5) is 0. The van der Waals surface area contributed by atoms with Crippen molar-refractivity contribution in [3.05, 3.63) is 0 Å². The van der Waals surface area contributed by atoms with E-state index in [1.807, 2.05) is 6.07 Å². The van der Waals surface area contributed by atoms with Crippen LogP contribution >= 0.6 is 11.6 Å². The van der Waals surface area contributed by atoms with Crippen LogP contribution in [0, 0.1) is 11.3 Å². The minimum atomic E-state index is -3.18. The number of halogens is 1. The highest BCUT2D eigenvalue weighted by Crippen LogP contribution is 2.29. The number of unbranched alkanes of at least 4 members (excludes halogenated alkanes) is 1. The third-order valence-electron chi connectivity index (χ3n) is 2.54. The van der Waals surface area contributed by atoms with Crippen LogP contribution in [0.3, 0.4) is 0 Å². The number of nitriles is 1. The topological polar surface area (TPSA) is 61.2 Å². The van der Waals surface area contributed by atoms with E-state index in [2.05, 4.69) is 0 Å². The summed E-state index contributed by atoms with van der Waals surface area (Å²) >= 11 is 5.52. The number of hydrogen-bond acceptors (Lipinski definition) is 3. The normalized spacial score (nSPS) is 16.3. The largest absolute Gasteiger partial charge is 0.214 e. The Kier molecular flexibility index (Phi) is 5.53. The molecular weight excluding hydrogens is 248 g/mol. The van der Waals surface area contributed by atoms with Gasteiger partial charge in [0, 0.05) is 24.9 Å². The second kappa shape index (κ2) is 6.43. The van der Waals surface area contributed by atoms with E-state index in [1.165, 1.54) is 4.31 Å². The van der Waals surface area contributed by atoms with Gasteiger partial charge in [0.1, 0.15) is 0 Å². The molecule has 4 nitrogen and oxygen atoms in total. The van der Waals surface area contributed by atoms with Crippen molar-refractivity contribution in [2.75, 3.05) is 18.2 Å². The van der Waals surface area contributed by atoms with Crippen LogP contribution < -0.4 is 0 Å². The molecule has 0 N–H and O–H groups in total. The average Bonchev–Trinajstić information content (AvgIpc) is 3.02. The molecular formula is C10H17ClN2O2S. The highest BCUT2D eigenvalue weighted by atomic mass is 35.5. The first-order chi connectivity index (χ1) is 7.61. The van der Waals surface area contributed by atoms with Crippen LogP contribution in [0.1, 0.15) is 32.1 Å². The number of nitrogens with zero attached hydrogens (tertiary/aromatic N) is 2. The Labute approximate surface area is 102 Å². The molecule has 1 fully saturated rings. The molecule has 0 radical (unpaired) electrons. The van der Waals surface area contributed by atoms with Crippen LogP contribution in [0.25, 0.3) is 0 Å². The highest BCUT2D eigenvalue weighted by Gasteiger charge is 2.36. The summed E-state index contributed by atoms with van der Waals surface area (Å²) < 4.78 is 25.4. The summed E-state index contributed by atoms with van der Waals surface area (Å²) in [6, 6.07) is 2.14. The molecule has 0 aliphatic heterocycles. The van der Waals surface area contributed by atoms with Crippen LogP contribution in [0.5, 0.6) is 0 Å². The minimum Gasteiger partial charge on any atom is -0.212 e. The first-order valence-electron chi connectivity index (χ1n) is 5.54. The molecule has 16 heavy (non-hydrogen) atoms. The predicted octanol–water partition coefficient (Wildman–Crippen LogP) is 1.71. The molecule has 0 bridgehead atoms. The quantitative estimate of drug-likeness (QED) is 0.495. The van der Waals surface area contributed by atoms with E-state index in [4.69, 9.17) is 16.9 Å². The fourth-order valence-corrected chi connectivity index (χ4v) is 3.59. The minimum absolute atomic E-state index is 0.148. The zero-order valence-electron chi connectivity index (χ0n) is 9.23. The van der Waals surface area contributed by atoms with Crippen LogP contribution in [-0.2, 0) is 10.0 Å². The molecule has 0 saturated heterocycles. The zero-order valence-corrected chi connectivity index (χ0v) is 10.8. The lowest BCUT2D eigenvalue weighted by molar-refractivity contribution is 0.410. The summed E-state index contributed by atoms with van der Waals surface area (Å²) in [6.07, 6.45) is 3.45. The Morgan fingerprint density at radius 2 is 2.06 bits per heavy atom. The van der Waals surface area contributed by atoms with Crippen molar-refractivity contribution in [1.82, 2.24) is 4.31 Å². The maximum absolute atomic E-state index is 12.0. The molecule has 0 amide bonds. The van der Waals surface area contributed by atoms with Gasteiger partial charge < -0.3 is 0 Å². The maximum Gasteiger partial charge on any atom is 0.214 e. The molecule has 0 aromatic carbocycles. The molecule has 1 aliphatic carbocycles. The Balaban J connectivity index is 2.51. The molecule has 1 aliphatic rings. The van der Waals surface area contributed by atoms with Crippen molar-refractivity contribution in [3.8, 4) is 6.07 Å². The Hall–Kier alpha value is -0.310. The standard InChI is InChI=1S/C10H17ClN2O2S/c11-6-1-2-9-16(14,15)13(8-3-7-12)10-4-5-10/h10H,1-6,8-9H2. The van der Waals surface area contributed by atoms with Crippen molar-refractivity contribution in [1.29, 1.82) is 5.26 Å². The van der Waals surface area contributed by atoms with Crippen molar-refractivity contribution in [2.24, 2.45) is 0 Å². The summed E-state index contributed by atoms with van der Waals surface area (Å²) in [5, 5.41) is 8.51. The Morgan fingerprint density at radius 3 is 2.56 bits per heavy atom. The van der Waals surface area contributed by atoms with Gasteiger partial charge in [-0.15, -0.1) is 11.6 Å². The molecule has 1 rings (SSSR count). The number of alkyl halides is 1. The number of sulfonamides is 1. The molecule has 0 unspecified atom stereocenters. The maximum atomic E-state index is 12.0. The Bertz CT molecular complexity index is 346. The van der Waals surface area contributed by atoms with E-state index in [0.29, 0.717) is 18.8 Å².